The summed E-state index contributed by atoms with van der Waals surface area (Å²) in [5, 5.41) is 7.53. The molecule has 0 saturated heterocycles. The first kappa shape index (κ1) is 22.5. The van der Waals surface area contributed by atoms with Crippen molar-refractivity contribution in [2.24, 2.45) is 0 Å². The summed E-state index contributed by atoms with van der Waals surface area (Å²) < 4.78 is 3.72. The molecular formula is C26H29N5O2. The highest BCUT2D eigenvalue weighted by Gasteiger charge is 2.12. The fourth-order valence-electron chi connectivity index (χ4n) is 4.23. The average molecular weight is 444 g/mol. The van der Waals surface area contributed by atoms with Crippen LogP contribution in [-0.2, 0) is 19.5 Å². The number of nitrogens with zero attached hydrogens (tertiary/aromatic N) is 4. The summed E-state index contributed by atoms with van der Waals surface area (Å²) in [6.45, 7) is 9.69. The van der Waals surface area contributed by atoms with Crippen LogP contribution in [0.1, 0.15) is 45.5 Å². The van der Waals surface area contributed by atoms with Crippen molar-refractivity contribution in [3.05, 3.63) is 92.7 Å². The van der Waals surface area contributed by atoms with E-state index in [0.29, 0.717) is 24.3 Å². The minimum Gasteiger partial charge on any atom is -0.352 e. The molecule has 0 unspecified atom stereocenters. The van der Waals surface area contributed by atoms with Gasteiger partial charge in [0.15, 0.2) is 0 Å². The number of amides is 1. The van der Waals surface area contributed by atoms with Crippen molar-refractivity contribution in [2.45, 2.75) is 47.2 Å². The van der Waals surface area contributed by atoms with Gasteiger partial charge in [-0.25, -0.2) is 4.98 Å². The number of aryl methyl sites for hydroxylation is 3. The van der Waals surface area contributed by atoms with Gasteiger partial charge in [0.05, 0.1) is 23.3 Å². The van der Waals surface area contributed by atoms with Crippen molar-refractivity contribution in [3.8, 4) is 0 Å². The molecule has 7 heteroatoms. The van der Waals surface area contributed by atoms with Crippen molar-refractivity contribution in [3.63, 3.8) is 0 Å². The lowest BCUT2D eigenvalue weighted by atomic mass is 10.1. The zero-order valence-corrected chi connectivity index (χ0v) is 19.6. The van der Waals surface area contributed by atoms with Gasteiger partial charge in [0.1, 0.15) is 5.69 Å². The molecule has 0 atom stereocenters. The van der Waals surface area contributed by atoms with Gasteiger partial charge in [-0.3, -0.25) is 14.3 Å². The van der Waals surface area contributed by atoms with E-state index in [9.17, 15) is 9.59 Å². The molecule has 0 bridgehead atoms. The second-order valence-corrected chi connectivity index (χ2v) is 8.25. The summed E-state index contributed by atoms with van der Waals surface area (Å²) in [7, 11) is 0. The summed E-state index contributed by atoms with van der Waals surface area (Å²) in [6.07, 6.45) is 0.749. The average Bonchev–Trinajstić information content (AvgIpc) is 3.10. The molecule has 0 saturated carbocycles. The second-order valence-electron chi connectivity index (χ2n) is 8.25. The summed E-state index contributed by atoms with van der Waals surface area (Å²) in [5.74, 6) is -0.109. The first-order valence-electron chi connectivity index (χ1n) is 11.2. The van der Waals surface area contributed by atoms with E-state index in [1.807, 2.05) is 48.0 Å². The molecule has 2 aromatic heterocycles. The van der Waals surface area contributed by atoms with Gasteiger partial charge >= 0.3 is 0 Å². The molecule has 33 heavy (non-hydrogen) atoms. The van der Waals surface area contributed by atoms with Gasteiger partial charge in [0.2, 0.25) is 0 Å². The predicted molar refractivity (Wildman–Crippen MR) is 130 cm³/mol. The number of para-hydroxylation sites is 2. The molecular weight excluding hydrogens is 414 g/mol. The highest BCUT2D eigenvalue weighted by Crippen LogP contribution is 2.14. The number of hydrogen-bond acceptors (Lipinski definition) is 4. The smallest absolute Gasteiger partial charge is 0.272 e. The van der Waals surface area contributed by atoms with Crippen LogP contribution in [0, 0.1) is 20.8 Å². The highest BCUT2D eigenvalue weighted by atomic mass is 16.1. The summed E-state index contributed by atoms with van der Waals surface area (Å²) in [4.78, 5) is 29.7. The van der Waals surface area contributed by atoms with E-state index in [4.69, 9.17) is 0 Å². The molecule has 1 amide bonds. The summed E-state index contributed by atoms with van der Waals surface area (Å²) in [5.41, 5.74) is 6.87. The summed E-state index contributed by atoms with van der Waals surface area (Å²) in [6, 6.07) is 15.0. The van der Waals surface area contributed by atoms with Gasteiger partial charge in [0, 0.05) is 24.3 Å². The number of aromatic nitrogens is 4. The van der Waals surface area contributed by atoms with Crippen LogP contribution in [0.3, 0.4) is 0 Å². The Kier molecular flexibility index (Phi) is 6.40. The molecule has 0 fully saturated rings. The Morgan fingerprint density at radius 3 is 2.42 bits per heavy atom. The van der Waals surface area contributed by atoms with Crippen LogP contribution in [-0.4, -0.2) is 31.8 Å². The van der Waals surface area contributed by atoms with Gasteiger partial charge in [-0.05, 0) is 69.5 Å². The fraction of sp³-hybridized carbons (Fsp3) is 0.308. The topological polar surface area (TPSA) is 81.8 Å². The van der Waals surface area contributed by atoms with Crippen molar-refractivity contribution in [1.29, 1.82) is 0 Å². The van der Waals surface area contributed by atoms with Crippen molar-refractivity contribution in [2.75, 3.05) is 6.54 Å². The highest BCUT2D eigenvalue weighted by molar-refractivity contribution is 5.94. The minimum atomic E-state index is -0.109. The Bertz CT molecular complexity index is 1370. The number of fused-ring (bicyclic) bond motifs is 1. The van der Waals surface area contributed by atoms with Crippen LogP contribution in [0.25, 0.3) is 11.0 Å². The van der Waals surface area contributed by atoms with Crippen molar-refractivity contribution >= 4 is 16.9 Å². The van der Waals surface area contributed by atoms with Gasteiger partial charge in [-0.1, -0.05) is 24.3 Å². The molecule has 170 valence electrons. The van der Waals surface area contributed by atoms with E-state index in [-0.39, 0.29) is 11.5 Å². The molecule has 4 rings (SSSR count). The standard InChI is InChI=1S/C26H29N5O2/c1-5-31-19(4)22(17(2)29-31)14-15-27-25(32)21-12-10-20(11-13-21)16-30-24-9-7-6-8-23(24)28-18(3)26(30)33/h6-13H,5,14-16H2,1-4H3,(H,27,32). The maximum absolute atomic E-state index is 12.7. The maximum Gasteiger partial charge on any atom is 0.272 e. The third kappa shape index (κ3) is 4.58. The van der Waals surface area contributed by atoms with Crippen LogP contribution in [0.2, 0.25) is 0 Å². The number of nitrogens with one attached hydrogen (secondary N) is 1. The van der Waals surface area contributed by atoms with E-state index in [2.05, 4.69) is 29.2 Å². The quantitative estimate of drug-likeness (QED) is 0.474. The number of hydrogen-bond donors (Lipinski definition) is 1. The number of rotatable bonds is 7. The van der Waals surface area contributed by atoms with Crippen molar-refractivity contribution < 1.29 is 4.79 Å². The Balaban J connectivity index is 1.43. The minimum absolute atomic E-state index is 0.104. The summed E-state index contributed by atoms with van der Waals surface area (Å²) >= 11 is 0. The monoisotopic (exact) mass is 443 g/mol. The normalized spacial score (nSPS) is 11.2. The largest absolute Gasteiger partial charge is 0.352 e. The Morgan fingerprint density at radius 2 is 1.73 bits per heavy atom. The Hall–Kier alpha value is -3.74. The van der Waals surface area contributed by atoms with E-state index in [0.717, 1.165) is 41.0 Å². The molecule has 7 nitrogen and oxygen atoms in total. The van der Waals surface area contributed by atoms with Crippen LogP contribution in [0.15, 0.2) is 53.3 Å². The molecule has 0 aliphatic heterocycles. The first-order valence-corrected chi connectivity index (χ1v) is 11.2. The lowest BCUT2D eigenvalue weighted by Crippen LogP contribution is -2.26. The SMILES string of the molecule is CCn1nc(C)c(CCNC(=O)c2ccc(Cn3c(=O)c(C)nc4ccccc43)cc2)c1C. The second kappa shape index (κ2) is 9.40. The molecule has 0 spiro atoms. The lowest BCUT2D eigenvalue weighted by molar-refractivity contribution is 0.0954. The third-order valence-corrected chi connectivity index (χ3v) is 6.06. The van der Waals surface area contributed by atoms with E-state index in [1.165, 1.54) is 5.56 Å². The van der Waals surface area contributed by atoms with Crippen LogP contribution in [0.5, 0.6) is 0 Å². The van der Waals surface area contributed by atoms with Gasteiger partial charge < -0.3 is 9.88 Å². The van der Waals surface area contributed by atoms with E-state index < -0.39 is 0 Å². The van der Waals surface area contributed by atoms with Gasteiger partial charge in [-0.2, -0.15) is 5.10 Å². The predicted octanol–water partition coefficient (Wildman–Crippen LogP) is 3.56. The Morgan fingerprint density at radius 1 is 1.00 bits per heavy atom. The lowest BCUT2D eigenvalue weighted by Gasteiger charge is -2.12. The number of benzene rings is 2. The molecule has 1 N–H and O–H groups in total. The van der Waals surface area contributed by atoms with E-state index in [1.54, 1.807) is 23.6 Å². The van der Waals surface area contributed by atoms with Crippen LogP contribution in [0.4, 0.5) is 0 Å². The number of carbonyl (C=O) groups is 1. The van der Waals surface area contributed by atoms with Crippen molar-refractivity contribution in [1.82, 2.24) is 24.6 Å². The molecule has 2 heterocycles. The molecule has 0 aliphatic rings. The molecule has 4 aromatic rings. The fourth-order valence-corrected chi connectivity index (χ4v) is 4.23. The van der Waals surface area contributed by atoms with Gasteiger partial charge in [-0.15, -0.1) is 0 Å². The van der Waals surface area contributed by atoms with E-state index >= 15 is 0 Å². The first-order chi connectivity index (χ1) is 15.9. The van der Waals surface area contributed by atoms with Crippen LogP contribution >= 0.6 is 0 Å². The molecule has 2 aromatic carbocycles. The zero-order valence-electron chi connectivity index (χ0n) is 19.6. The molecule has 0 aliphatic carbocycles. The maximum atomic E-state index is 12.7. The Labute approximate surface area is 193 Å². The number of carbonyl (C=O) groups excluding carboxylic acids is 1. The van der Waals surface area contributed by atoms with Gasteiger partial charge in [0.25, 0.3) is 11.5 Å². The van der Waals surface area contributed by atoms with Crippen LogP contribution < -0.4 is 10.9 Å². The zero-order chi connectivity index (χ0) is 23.5. The molecule has 0 radical (unpaired) electrons. The third-order valence-electron chi connectivity index (χ3n) is 6.06.